The number of hydrogen-bond acceptors (Lipinski definition) is 11. The fourth-order valence-corrected chi connectivity index (χ4v) is 14.9. The first-order valence-corrected chi connectivity index (χ1v) is 31.3. The molecule has 0 saturated heterocycles. The van der Waals surface area contributed by atoms with Crippen LogP contribution >= 0.6 is 0 Å². The van der Waals surface area contributed by atoms with Crippen LogP contribution in [0.1, 0.15) is 11.1 Å². The summed E-state index contributed by atoms with van der Waals surface area (Å²) in [6.07, 6.45) is 0. The molecule has 13 aromatic carbocycles. The van der Waals surface area contributed by atoms with Crippen LogP contribution in [0, 0.1) is 22.7 Å². The largest absolute Gasteiger partial charge is 0.458 e. The number of benzene rings is 13. The maximum absolute atomic E-state index is 10.5. The highest BCUT2D eigenvalue weighted by Gasteiger charge is 2.48. The van der Waals surface area contributed by atoms with Crippen molar-refractivity contribution < 1.29 is 23.7 Å². The minimum Gasteiger partial charge on any atom is -0.458 e. The van der Waals surface area contributed by atoms with Crippen molar-refractivity contribution in [1.29, 1.82) is 10.5 Å². The van der Waals surface area contributed by atoms with Crippen molar-refractivity contribution in [3.8, 4) is 69.6 Å². The summed E-state index contributed by atoms with van der Waals surface area (Å²) in [7, 11) is 0. The van der Waals surface area contributed by atoms with Gasteiger partial charge < -0.3 is 43.7 Å². The lowest BCUT2D eigenvalue weighted by Crippen LogP contribution is -2.63. The van der Waals surface area contributed by atoms with E-state index in [1.807, 2.05) is 121 Å². The molecule has 6 aliphatic heterocycles. The average Bonchev–Trinajstić information content (AvgIpc) is 0.707. The number of nitrogens with zero attached hydrogens (tertiary/aromatic N) is 5. The third-order valence-corrected chi connectivity index (χ3v) is 18.9. The Morgan fingerprint density at radius 1 is 0.245 bits per heavy atom. The second kappa shape index (κ2) is 20.9. The topological polar surface area (TPSA) is 115 Å². The smallest absolute Gasteiger partial charge is 0.260 e. The van der Waals surface area contributed by atoms with Crippen LogP contribution in [0.5, 0.6) is 57.5 Å². The van der Waals surface area contributed by atoms with Gasteiger partial charge in [-0.15, -0.1) is 0 Å². The van der Waals surface area contributed by atoms with Crippen LogP contribution in [0.2, 0.25) is 0 Å². The molecular weight excluding hydrogens is 1160 g/mol. The lowest BCUT2D eigenvalue weighted by Gasteiger charge is -2.39. The maximum atomic E-state index is 10.5. The maximum Gasteiger partial charge on any atom is 0.260 e. The van der Waals surface area contributed by atoms with E-state index in [2.05, 4.69) is 190 Å². The minimum absolute atomic E-state index is 0.364. The first-order valence-electron chi connectivity index (χ1n) is 31.3. The number of ether oxygens (including phenoxy) is 5. The normalized spacial score (nSPS) is 12.9. The van der Waals surface area contributed by atoms with Crippen LogP contribution in [0.3, 0.4) is 0 Å². The molecule has 0 atom stereocenters. The minimum atomic E-state index is -0.444. The number of rotatable bonds is 9. The van der Waals surface area contributed by atoms with E-state index in [0.717, 1.165) is 112 Å². The standard InChI is InChI=1S/C80H47B3N6O5/c84-47-49-31-33-68-61(35-49)81-60-43-63-70(45-66(60)86-67-37-57(38-73(90-68)78(67)81)87(51-19-7-1-8-20-51)52-21-9-2-10-22-52)92-75-40-59(89(55-27-15-5-16-28-55)56-29-17-6-18-30-56)42-77-80(75)83(63)65-44-64-71(46-72(65)94-77)93-76-41-58(88(53-23-11-3-12-24-53)54-25-13-4-14-26-54)39-74-79(76)82(64)62-36-50(48-85)32-34-69(62)91-74/h1-46,86H. The molecule has 11 nitrogen and oxygen atoms in total. The molecule has 13 aromatic rings. The number of nitriles is 2. The van der Waals surface area contributed by atoms with E-state index in [1.165, 1.54) is 0 Å². The van der Waals surface area contributed by atoms with Crippen molar-refractivity contribution in [2.24, 2.45) is 0 Å². The second-order valence-corrected chi connectivity index (χ2v) is 24.2. The number of anilines is 11. The van der Waals surface area contributed by atoms with E-state index in [1.54, 1.807) is 0 Å². The molecule has 0 aromatic heterocycles. The van der Waals surface area contributed by atoms with Crippen molar-refractivity contribution >= 4 is 132 Å². The summed E-state index contributed by atoms with van der Waals surface area (Å²) in [5, 5.41) is 25.0. The van der Waals surface area contributed by atoms with Gasteiger partial charge in [0.15, 0.2) is 0 Å². The summed E-state index contributed by atoms with van der Waals surface area (Å²) < 4.78 is 36.2. The molecule has 0 aliphatic carbocycles. The molecule has 19 rings (SSSR count). The molecule has 6 heterocycles. The monoisotopic (exact) mass is 1200 g/mol. The van der Waals surface area contributed by atoms with Gasteiger partial charge in [0.25, 0.3) is 20.1 Å². The van der Waals surface area contributed by atoms with Crippen molar-refractivity contribution in [2.75, 3.05) is 20.0 Å². The van der Waals surface area contributed by atoms with Gasteiger partial charge in [0.1, 0.15) is 57.5 Å². The van der Waals surface area contributed by atoms with Gasteiger partial charge in [-0.25, -0.2) is 0 Å². The Labute approximate surface area is 542 Å². The molecule has 0 fully saturated rings. The molecule has 0 saturated carbocycles. The number of fused-ring (bicyclic) bond motifs is 12. The van der Waals surface area contributed by atoms with E-state index in [-0.39, 0.29) is 6.71 Å². The quantitative estimate of drug-likeness (QED) is 0.139. The molecule has 0 unspecified atom stereocenters. The van der Waals surface area contributed by atoms with E-state index in [0.29, 0.717) is 68.6 Å². The van der Waals surface area contributed by atoms with Gasteiger partial charge in [0, 0.05) is 98.9 Å². The summed E-state index contributed by atoms with van der Waals surface area (Å²) >= 11 is 0. The van der Waals surface area contributed by atoms with E-state index < -0.39 is 13.4 Å². The van der Waals surface area contributed by atoms with Gasteiger partial charge in [-0.3, -0.25) is 0 Å². The predicted octanol–water partition coefficient (Wildman–Crippen LogP) is 14.0. The summed E-state index contributed by atoms with van der Waals surface area (Å²) in [6.45, 7) is -1.22. The first kappa shape index (κ1) is 53.1. The lowest BCUT2D eigenvalue weighted by molar-refractivity contribution is 0.452. The number of nitrogens with one attached hydrogen (secondary N) is 1. The van der Waals surface area contributed by atoms with Crippen LogP contribution in [0.25, 0.3) is 0 Å². The van der Waals surface area contributed by atoms with E-state index in [9.17, 15) is 10.5 Å². The SMILES string of the molecule is N#Cc1ccc2c(c1)B1c3cc4c(cc3Nc3cc(N(c5ccccc5)c5ccccc5)cc(c31)O2)Oc1cc(N(c2ccccc2)c2ccccc2)cc2c1B4c1cc3c(cc1O2)Oc1cc(N(c2ccccc2)c2ccccc2)cc2c1B3c1cc(C#N)ccc1O2. The fourth-order valence-electron chi connectivity index (χ4n) is 14.9. The zero-order valence-electron chi connectivity index (χ0n) is 50.1. The highest BCUT2D eigenvalue weighted by molar-refractivity contribution is 7.02. The molecular formula is C80H47B3N6O5. The van der Waals surface area contributed by atoms with Gasteiger partial charge in [0.05, 0.1) is 40.3 Å². The van der Waals surface area contributed by atoms with Gasteiger partial charge in [-0.1, -0.05) is 121 Å². The van der Waals surface area contributed by atoms with Crippen molar-refractivity contribution in [3.63, 3.8) is 0 Å². The zero-order chi connectivity index (χ0) is 62.1. The van der Waals surface area contributed by atoms with Crippen LogP contribution in [0.15, 0.2) is 279 Å². The Bertz CT molecular complexity index is 5000. The summed E-state index contributed by atoms with van der Waals surface area (Å²) in [6, 6.07) is 99.8. The molecule has 0 radical (unpaired) electrons. The molecule has 436 valence electrons. The van der Waals surface area contributed by atoms with Gasteiger partial charge in [-0.2, -0.15) is 10.5 Å². The van der Waals surface area contributed by atoms with Crippen LogP contribution in [0.4, 0.5) is 62.6 Å². The molecule has 14 heteroatoms. The summed E-state index contributed by atoms with van der Waals surface area (Å²) in [5.41, 5.74) is 19.4. The fraction of sp³-hybridized carbons (Fsp3) is 0. The zero-order valence-corrected chi connectivity index (χ0v) is 50.1. The van der Waals surface area contributed by atoms with Crippen molar-refractivity contribution in [2.45, 2.75) is 0 Å². The van der Waals surface area contributed by atoms with Crippen LogP contribution in [-0.4, -0.2) is 20.1 Å². The Hall–Kier alpha value is -12.8. The Kier molecular flexibility index (Phi) is 11.8. The summed E-state index contributed by atoms with van der Waals surface area (Å²) in [5.74, 6) is 6.51. The molecule has 0 bridgehead atoms. The lowest BCUT2D eigenvalue weighted by atomic mass is 9.30. The van der Waals surface area contributed by atoms with E-state index >= 15 is 0 Å². The first-order chi connectivity index (χ1) is 46.5. The Morgan fingerprint density at radius 3 is 0.904 bits per heavy atom. The molecule has 1 N–H and O–H groups in total. The Balaban J connectivity index is 0.826. The molecule has 6 aliphatic rings. The number of hydrogen-bond donors (Lipinski definition) is 1. The molecule has 0 amide bonds. The van der Waals surface area contributed by atoms with E-state index in [4.69, 9.17) is 23.7 Å². The van der Waals surface area contributed by atoms with Crippen LogP contribution < -0.4 is 92.9 Å². The Morgan fingerprint density at radius 2 is 0.543 bits per heavy atom. The highest BCUT2D eigenvalue weighted by Crippen LogP contribution is 2.48. The number of para-hydroxylation sites is 6. The third kappa shape index (κ3) is 8.33. The average molecular weight is 1200 g/mol. The van der Waals surface area contributed by atoms with Gasteiger partial charge in [0.2, 0.25) is 0 Å². The highest BCUT2D eigenvalue weighted by atomic mass is 16.5. The summed E-state index contributed by atoms with van der Waals surface area (Å²) in [4.78, 5) is 6.68. The van der Waals surface area contributed by atoms with Gasteiger partial charge >= 0.3 is 0 Å². The van der Waals surface area contributed by atoms with Crippen molar-refractivity contribution in [1.82, 2.24) is 0 Å². The third-order valence-electron chi connectivity index (χ3n) is 18.9. The second-order valence-electron chi connectivity index (χ2n) is 24.2. The molecule has 0 spiro atoms. The predicted molar refractivity (Wildman–Crippen MR) is 376 cm³/mol. The van der Waals surface area contributed by atoms with Crippen LogP contribution in [-0.2, 0) is 0 Å². The molecule has 94 heavy (non-hydrogen) atoms. The van der Waals surface area contributed by atoms with Crippen molar-refractivity contribution in [3.05, 3.63) is 290 Å². The van der Waals surface area contributed by atoms with Gasteiger partial charge in [-0.05, 0) is 154 Å².